The first-order valence-corrected chi connectivity index (χ1v) is 9.31. The molecular formula is C21H20N2S2. The van der Waals surface area contributed by atoms with Gasteiger partial charge in [-0.1, -0.05) is 48.2 Å². The maximum Gasteiger partial charge on any atom is 0.175 e. The van der Waals surface area contributed by atoms with Gasteiger partial charge in [0.2, 0.25) is 0 Å². The van der Waals surface area contributed by atoms with Crippen LogP contribution in [0, 0.1) is 13.8 Å². The van der Waals surface area contributed by atoms with Crippen molar-refractivity contribution in [2.45, 2.75) is 23.6 Å². The van der Waals surface area contributed by atoms with Crippen LogP contribution in [0.5, 0.6) is 0 Å². The van der Waals surface area contributed by atoms with E-state index in [-0.39, 0.29) is 0 Å². The number of anilines is 2. The van der Waals surface area contributed by atoms with Crippen LogP contribution in [0.3, 0.4) is 0 Å². The van der Waals surface area contributed by atoms with Gasteiger partial charge in [-0.25, -0.2) is 0 Å². The topological polar surface area (TPSA) is 24.1 Å². The Morgan fingerprint density at radius 1 is 0.800 bits per heavy atom. The number of para-hydroxylation sites is 1. The molecule has 0 saturated heterocycles. The first-order chi connectivity index (χ1) is 12.1. The Balaban J connectivity index is 1.72. The van der Waals surface area contributed by atoms with E-state index in [9.17, 15) is 0 Å². The van der Waals surface area contributed by atoms with Crippen molar-refractivity contribution < 1.29 is 0 Å². The number of benzene rings is 3. The van der Waals surface area contributed by atoms with Crippen molar-refractivity contribution in [2.24, 2.45) is 0 Å². The molecule has 0 atom stereocenters. The molecule has 0 bridgehead atoms. The number of rotatable bonds is 4. The van der Waals surface area contributed by atoms with Gasteiger partial charge in [-0.3, -0.25) is 0 Å². The highest BCUT2D eigenvalue weighted by atomic mass is 32.2. The van der Waals surface area contributed by atoms with Gasteiger partial charge in [0.15, 0.2) is 5.11 Å². The van der Waals surface area contributed by atoms with Crippen LogP contribution in [0.15, 0.2) is 82.6 Å². The van der Waals surface area contributed by atoms with E-state index >= 15 is 0 Å². The van der Waals surface area contributed by atoms with Crippen molar-refractivity contribution in [3.05, 3.63) is 83.9 Å². The summed E-state index contributed by atoms with van der Waals surface area (Å²) in [4.78, 5) is 2.34. The lowest BCUT2D eigenvalue weighted by atomic mass is 10.1. The number of hydrogen-bond acceptors (Lipinski definition) is 2. The van der Waals surface area contributed by atoms with E-state index in [0.29, 0.717) is 5.11 Å². The lowest BCUT2D eigenvalue weighted by molar-refractivity contribution is 1.34. The molecule has 0 heterocycles. The lowest BCUT2D eigenvalue weighted by Crippen LogP contribution is -2.19. The third kappa shape index (κ3) is 4.84. The fourth-order valence-electron chi connectivity index (χ4n) is 2.38. The predicted octanol–water partition coefficient (Wildman–Crippen LogP) is 6.26. The maximum absolute atomic E-state index is 5.49. The van der Waals surface area contributed by atoms with Crippen LogP contribution in [-0.2, 0) is 0 Å². The molecular weight excluding hydrogens is 344 g/mol. The van der Waals surface area contributed by atoms with E-state index in [1.165, 1.54) is 16.0 Å². The van der Waals surface area contributed by atoms with Gasteiger partial charge in [-0.2, -0.15) is 0 Å². The summed E-state index contributed by atoms with van der Waals surface area (Å²) in [5.41, 5.74) is 4.51. The van der Waals surface area contributed by atoms with Gasteiger partial charge in [0.1, 0.15) is 0 Å². The average molecular weight is 365 g/mol. The normalized spacial score (nSPS) is 10.3. The van der Waals surface area contributed by atoms with Crippen molar-refractivity contribution in [3.8, 4) is 0 Å². The second kappa shape index (κ2) is 8.19. The molecule has 0 aliphatic rings. The van der Waals surface area contributed by atoms with Crippen LogP contribution in [0.1, 0.15) is 11.1 Å². The van der Waals surface area contributed by atoms with Crippen molar-refractivity contribution in [2.75, 3.05) is 10.6 Å². The molecule has 0 aliphatic carbocycles. The summed E-state index contributed by atoms with van der Waals surface area (Å²) in [6.45, 7) is 4.20. The highest BCUT2D eigenvalue weighted by Gasteiger charge is 2.06. The van der Waals surface area contributed by atoms with Crippen molar-refractivity contribution >= 4 is 40.5 Å². The summed E-state index contributed by atoms with van der Waals surface area (Å²) < 4.78 is 0. The largest absolute Gasteiger partial charge is 0.332 e. The molecule has 25 heavy (non-hydrogen) atoms. The minimum absolute atomic E-state index is 0.587. The van der Waals surface area contributed by atoms with Crippen LogP contribution >= 0.6 is 24.0 Å². The zero-order valence-corrected chi connectivity index (χ0v) is 15.9. The Kier molecular flexibility index (Phi) is 5.74. The molecule has 0 fully saturated rings. The standard InChI is InChI=1S/C21H20N2S2/c1-15-12-13-17(14-16(15)2)22-21(24)23-19-10-6-7-11-20(19)25-18-8-4-3-5-9-18/h3-14H,1-2H3,(H2,22,23,24). The molecule has 0 aromatic heterocycles. The smallest absolute Gasteiger partial charge is 0.175 e. The lowest BCUT2D eigenvalue weighted by Gasteiger charge is -2.14. The summed E-state index contributed by atoms with van der Waals surface area (Å²) in [6.07, 6.45) is 0. The van der Waals surface area contributed by atoms with Crippen molar-refractivity contribution in [1.29, 1.82) is 0 Å². The first-order valence-electron chi connectivity index (χ1n) is 8.09. The van der Waals surface area contributed by atoms with Crippen molar-refractivity contribution in [3.63, 3.8) is 0 Å². The summed E-state index contributed by atoms with van der Waals surface area (Å²) in [7, 11) is 0. The summed E-state index contributed by atoms with van der Waals surface area (Å²) in [5.74, 6) is 0. The minimum Gasteiger partial charge on any atom is -0.332 e. The van der Waals surface area contributed by atoms with Gasteiger partial charge in [-0.05, 0) is 73.6 Å². The maximum atomic E-state index is 5.49. The summed E-state index contributed by atoms with van der Waals surface area (Å²) >= 11 is 7.20. The summed E-state index contributed by atoms with van der Waals surface area (Å²) in [5, 5.41) is 7.16. The van der Waals surface area contributed by atoms with Crippen LogP contribution in [0.2, 0.25) is 0 Å². The zero-order chi connectivity index (χ0) is 17.6. The van der Waals surface area contributed by atoms with Gasteiger partial charge in [0, 0.05) is 15.5 Å². The van der Waals surface area contributed by atoms with Crippen molar-refractivity contribution in [1.82, 2.24) is 0 Å². The molecule has 3 aromatic carbocycles. The second-order valence-electron chi connectivity index (χ2n) is 5.79. The zero-order valence-electron chi connectivity index (χ0n) is 14.2. The fraction of sp³-hybridized carbons (Fsp3) is 0.0952. The Morgan fingerprint density at radius 3 is 2.28 bits per heavy atom. The molecule has 0 amide bonds. The van der Waals surface area contributed by atoms with E-state index in [0.717, 1.165) is 16.3 Å². The molecule has 4 heteroatoms. The van der Waals surface area contributed by atoms with Crippen LogP contribution < -0.4 is 10.6 Å². The number of thiocarbonyl (C=S) groups is 1. The van der Waals surface area contributed by atoms with E-state index in [4.69, 9.17) is 12.2 Å². The van der Waals surface area contributed by atoms with Crippen LogP contribution in [-0.4, -0.2) is 5.11 Å². The second-order valence-corrected chi connectivity index (χ2v) is 7.31. The molecule has 3 aromatic rings. The Labute approximate surface area is 158 Å². The van der Waals surface area contributed by atoms with Gasteiger partial charge in [-0.15, -0.1) is 0 Å². The summed E-state index contributed by atoms with van der Waals surface area (Å²) in [6, 6.07) is 24.8. The minimum atomic E-state index is 0.587. The predicted molar refractivity (Wildman–Crippen MR) is 113 cm³/mol. The van der Waals surface area contributed by atoms with E-state index in [1.807, 2.05) is 42.5 Å². The Bertz CT molecular complexity index is 876. The van der Waals surface area contributed by atoms with E-state index in [1.54, 1.807) is 11.8 Å². The van der Waals surface area contributed by atoms with Gasteiger partial charge in [0.25, 0.3) is 0 Å². The van der Waals surface area contributed by atoms with Crippen LogP contribution in [0.4, 0.5) is 11.4 Å². The van der Waals surface area contributed by atoms with E-state index < -0.39 is 0 Å². The monoisotopic (exact) mass is 364 g/mol. The number of aryl methyl sites for hydroxylation is 2. The Hall–Kier alpha value is -2.30. The highest BCUT2D eigenvalue weighted by molar-refractivity contribution is 7.99. The molecule has 3 rings (SSSR count). The quantitative estimate of drug-likeness (QED) is 0.533. The average Bonchev–Trinajstić information content (AvgIpc) is 2.61. The number of nitrogens with one attached hydrogen (secondary N) is 2. The molecule has 126 valence electrons. The third-order valence-electron chi connectivity index (χ3n) is 3.87. The molecule has 2 nitrogen and oxygen atoms in total. The molecule has 0 unspecified atom stereocenters. The highest BCUT2D eigenvalue weighted by Crippen LogP contribution is 2.33. The molecule has 0 aliphatic heterocycles. The van der Waals surface area contributed by atoms with Crippen LogP contribution in [0.25, 0.3) is 0 Å². The number of hydrogen-bond donors (Lipinski definition) is 2. The van der Waals surface area contributed by atoms with Gasteiger partial charge < -0.3 is 10.6 Å². The van der Waals surface area contributed by atoms with Gasteiger partial charge in [0.05, 0.1) is 5.69 Å². The first kappa shape index (κ1) is 17.5. The Morgan fingerprint density at radius 2 is 1.52 bits per heavy atom. The molecule has 0 saturated carbocycles. The molecule has 2 N–H and O–H groups in total. The third-order valence-corrected chi connectivity index (χ3v) is 5.16. The molecule has 0 radical (unpaired) electrons. The van der Waals surface area contributed by atoms with E-state index in [2.05, 4.69) is 54.8 Å². The SMILES string of the molecule is Cc1ccc(NC(=S)Nc2ccccc2Sc2ccccc2)cc1C. The van der Waals surface area contributed by atoms with Gasteiger partial charge >= 0.3 is 0 Å². The molecule has 0 spiro atoms. The fourth-order valence-corrected chi connectivity index (χ4v) is 3.53.